The van der Waals surface area contributed by atoms with E-state index in [1.54, 1.807) is 31.2 Å². The molecule has 0 bridgehead atoms. The van der Waals surface area contributed by atoms with Gasteiger partial charge in [0.25, 0.3) is 0 Å². The third kappa shape index (κ3) is 3.58. The monoisotopic (exact) mass is 222 g/mol. The molecule has 0 spiro atoms. The van der Waals surface area contributed by atoms with Crippen molar-refractivity contribution in [1.29, 1.82) is 0 Å². The number of carbonyl (C=O) groups is 2. The van der Waals surface area contributed by atoms with Crippen LogP contribution >= 0.6 is 0 Å². The van der Waals surface area contributed by atoms with Crippen LogP contribution in [0.4, 0.5) is 16.2 Å². The van der Waals surface area contributed by atoms with E-state index in [1.165, 1.54) is 0 Å². The number of amides is 3. The number of carbonyl (C=O) groups excluding carboxylic acids is 2. The van der Waals surface area contributed by atoms with Crippen LogP contribution in [0.3, 0.4) is 0 Å². The lowest BCUT2D eigenvalue weighted by molar-refractivity contribution is -0.117. The van der Waals surface area contributed by atoms with Crippen molar-refractivity contribution in [2.75, 3.05) is 10.6 Å². The Morgan fingerprint density at radius 2 is 1.81 bits per heavy atom. The molecule has 0 saturated carbocycles. The van der Waals surface area contributed by atoms with Gasteiger partial charge in [-0.25, -0.2) is 4.79 Å². The normalized spacial score (nSPS) is 11.6. The van der Waals surface area contributed by atoms with Gasteiger partial charge >= 0.3 is 6.03 Å². The molecule has 1 aromatic rings. The molecule has 0 aliphatic carbocycles. The zero-order chi connectivity index (χ0) is 12.1. The van der Waals surface area contributed by atoms with E-state index in [1.807, 2.05) is 0 Å². The third-order valence-electron chi connectivity index (χ3n) is 1.81. The first-order valence-electron chi connectivity index (χ1n) is 4.72. The third-order valence-corrected chi connectivity index (χ3v) is 1.81. The Hall–Kier alpha value is -2.08. The van der Waals surface area contributed by atoms with Crippen LogP contribution in [-0.2, 0) is 4.79 Å². The van der Waals surface area contributed by atoms with Crippen molar-refractivity contribution < 1.29 is 9.59 Å². The number of urea groups is 1. The molecule has 0 heterocycles. The van der Waals surface area contributed by atoms with Crippen LogP contribution in [0.25, 0.3) is 0 Å². The number of hydrogen-bond donors (Lipinski definition) is 4. The molecule has 6 N–H and O–H groups in total. The molecule has 0 aliphatic heterocycles. The fraction of sp³-hybridized carbons (Fsp3) is 0.200. The van der Waals surface area contributed by atoms with Crippen molar-refractivity contribution >= 4 is 23.3 Å². The highest BCUT2D eigenvalue weighted by Crippen LogP contribution is 2.14. The molecule has 3 amide bonds. The second kappa shape index (κ2) is 5.13. The maximum Gasteiger partial charge on any atom is 0.316 e. The molecular formula is C10H14N4O2. The highest BCUT2D eigenvalue weighted by molar-refractivity contribution is 5.95. The van der Waals surface area contributed by atoms with Gasteiger partial charge in [0, 0.05) is 11.4 Å². The van der Waals surface area contributed by atoms with Crippen LogP contribution < -0.4 is 22.1 Å². The van der Waals surface area contributed by atoms with Crippen LogP contribution in [0.15, 0.2) is 24.3 Å². The van der Waals surface area contributed by atoms with Crippen molar-refractivity contribution in [3.63, 3.8) is 0 Å². The first-order chi connectivity index (χ1) is 7.49. The summed E-state index contributed by atoms with van der Waals surface area (Å²) < 4.78 is 0. The molecule has 0 fully saturated rings. The topological polar surface area (TPSA) is 110 Å². The minimum absolute atomic E-state index is 0.295. The van der Waals surface area contributed by atoms with Gasteiger partial charge in [-0.2, -0.15) is 0 Å². The standard InChI is InChI=1S/C10H14N4O2/c1-6(11)9(15)13-7-3-2-4-8(5-7)14-10(12)16/h2-6H,11H2,1H3,(H,13,15)(H3,12,14,16)/t6-/m0/s1. The highest BCUT2D eigenvalue weighted by atomic mass is 16.2. The number of hydrogen-bond acceptors (Lipinski definition) is 3. The molecular weight excluding hydrogens is 208 g/mol. The molecule has 1 atom stereocenters. The summed E-state index contributed by atoms with van der Waals surface area (Å²) in [7, 11) is 0. The summed E-state index contributed by atoms with van der Waals surface area (Å²) in [6.45, 7) is 1.58. The van der Waals surface area contributed by atoms with E-state index in [4.69, 9.17) is 11.5 Å². The lowest BCUT2D eigenvalue weighted by Gasteiger charge is -2.09. The number of nitrogens with two attached hydrogens (primary N) is 2. The van der Waals surface area contributed by atoms with Crippen molar-refractivity contribution in [2.45, 2.75) is 13.0 Å². The molecule has 86 valence electrons. The van der Waals surface area contributed by atoms with Gasteiger partial charge in [0.2, 0.25) is 5.91 Å². The fourth-order valence-corrected chi connectivity index (χ4v) is 1.07. The zero-order valence-corrected chi connectivity index (χ0v) is 8.86. The van der Waals surface area contributed by atoms with Gasteiger partial charge in [-0.05, 0) is 25.1 Å². The van der Waals surface area contributed by atoms with Gasteiger partial charge in [0.15, 0.2) is 0 Å². The summed E-state index contributed by atoms with van der Waals surface area (Å²) in [5, 5.41) is 5.00. The Kier molecular flexibility index (Phi) is 3.84. The highest BCUT2D eigenvalue weighted by Gasteiger charge is 2.07. The summed E-state index contributed by atoms with van der Waals surface area (Å²) in [4.78, 5) is 21.9. The van der Waals surface area contributed by atoms with Crippen molar-refractivity contribution in [3.05, 3.63) is 24.3 Å². The molecule has 0 unspecified atom stereocenters. The van der Waals surface area contributed by atoms with Gasteiger partial charge in [0.05, 0.1) is 6.04 Å². The van der Waals surface area contributed by atoms with E-state index in [9.17, 15) is 9.59 Å². The molecule has 1 rings (SSSR count). The van der Waals surface area contributed by atoms with Crippen LogP contribution in [0, 0.1) is 0 Å². The fourth-order valence-electron chi connectivity index (χ4n) is 1.07. The minimum Gasteiger partial charge on any atom is -0.351 e. The summed E-state index contributed by atoms with van der Waals surface area (Å²) in [6.07, 6.45) is 0. The molecule has 6 heteroatoms. The Morgan fingerprint density at radius 3 is 2.31 bits per heavy atom. The van der Waals surface area contributed by atoms with E-state index < -0.39 is 12.1 Å². The minimum atomic E-state index is -0.657. The summed E-state index contributed by atoms with van der Waals surface area (Å²) in [5.74, 6) is -0.295. The number of nitrogens with one attached hydrogen (secondary N) is 2. The predicted octanol–water partition coefficient (Wildman–Crippen LogP) is 0.463. The van der Waals surface area contributed by atoms with E-state index in [0.717, 1.165) is 0 Å². The van der Waals surface area contributed by atoms with Crippen LogP contribution in [0.2, 0.25) is 0 Å². The molecule has 16 heavy (non-hydrogen) atoms. The maximum absolute atomic E-state index is 11.3. The second-order valence-corrected chi connectivity index (χ2v) is 3.35. The molecule has 0 radical (unpaired) electrons. The van der Waals surface area contributed by atoms with Gasteiger partial charge in [0.1, 0.15) is 0 Å². The molecule has 6 nitrogen and oxygen atoms in total. The summed E-state index contributed by atoms with van der Waals surface area (Å²) >= 11 is 0. The average Bonchev–Trinajstić information content (AvgIpc) is 2.16. The Labute approximate surface area is 93.0 Å². The summed E-state index contributed by atoms with van der Waals surface area (Å²) in [5.41, 5.74) is 11.4. The number of benzene rings is 1. The molecule has 0 aromatic heterocycles. The number of anilines is 2. The van der Waals surface area contributed by atoms with Gasteiger partial charge in [-0.15, -0.1) is 0 Å². The Balaban J connectivity index is 2.74. The number of primary amides is 1. The maximum atomic E-state index is 11.3. The van der Waals surface area contributed by atoms with E-state index in [-0.39, 0.29) is 5.91 Å². The van der Waals surface area contributed by atoms with Crippen LogP contribution in [0.1, 0.15) is 6.92 Å². The lowest BCUT2D eigenvalue weighted by Crippen LogP contribution is -2.32. The van der Waals surface area contributed by atoms with Gasteiger partial charge in [-0.1, -0.05) is 6.07 Å². The van der Waals surface area contributed by atoms with Crippen molar-refractivity contribution in [3.8, 4) is 0 Å². The van der Waals surface area contributed by atoms with E-state index in [2.05, 4.69) is 10.6 Å². The van der Waals surface area contributed by atoms with Crippen LogP contribution in [-0.4, -0.2) is 18.0 Å². The largest absolute Gasteiger partial charge is 0.351 e. The Morgan fingerprint density at radius 1 is 1.25 bits per heavy atom. The predicted molar refractivity (Wildman–Crippen MR) is 61.9 cm³/mol. The quantitative estimate of drug-likeness (QED) is 0.596. The van der Waals surface area contributed by atoms with Gasteiger partial charge in [-0.3, -0.25) is 4.79 Å². The SMILES string of the molecule is C[C@H](N)C(=O)Nc1cccc(NC(N)=O)c1. The second-order valence-electron chi connectivity index (χ2n) is 3.35. The first kappa shape index (κ1) is 12.0. The Bertz CT molecular complexity index is 404. The summed E-state index contributed by atoms with van der Waals surface area (Å²) in [6, 6.07) is 5.37. The van der Waals surface area contributed by atoms with E-state index in [0.29, 0.717) is 11.4 Å². The first-order valence-corrected chi connectivity index (χ1v) is 4.72. The van der Waals surface area contributed by atoms with Crippen molar-refractivity contribution in [2.24, 2.45) is 11.5 Å². The molecule has 0 aliphatic rings. The average molecular weight is 222 g/mol. The zero-order valence-electron chi connectivity index (χ0n) is 8.86. The van der Waals surface area contributed by atoms with Gasteiger partial charge < -0.3 is 22.1 Å². The van der Waals surface area contributed by atoms with Crippen LogP contribution in [0.5, 0.6) is 0 Å². The smallest absolute Gasteiger partial charge is 0.316 e. The molecule has 0 saturated heterocycles. The van der Waals surface area contributed by atoms with Crippen molar-refractivity contribution in [1.82, 2.24) is 0 Å². The lowest BCUT2D eigenvalue weighted by atomic mass is 10.2. The molecule has 1 aromatic carbocycles. The van der Waals surface area contributed by atoms with E-state index >= 15 is 0 Å². The number of rotatable bonds is 3.